The minimum absolute atomic E-state index is 0.257. The first-order chi connectivity index (χ1) is 19.4. The quantitative estimate of drug-likeness (QED) is 0.429. The van der Waals surface area contributed by atoms with E-state index in [9.17, 15) is 27.6 Å². The Balaban J connectivity index is 1.69. The second-order valence-electron chi connectivity index (χ2n) is 11.1. The van der Waals surface area contributed by atoms with Gasteiger partial charge in [-0.25, -0.2) is 0 Å². The van der Waals surface area contributed by atoms with E-state index in [1.54, 1.807) is 112 Å². The summed E-state index contributed by atoms with van der Waals surface area (Å²) in [5, 5.41) is 4.63. The summed E-state index contributed by atoms with van der Waals surface area (Å²) < 4.78 is 50.4. The van der Waals surface area contributed by atoms with Crippen LogP contribution in [-0.2, 0) is 14.3 Å². The van der Waals surface area contributed by atoms with Gasteiger partial charge in [0.05, 0.1) is 12.1 Å². The standard InChI is InChI=1S/C31H30F3N3O4/c1-30(2,3)41-29(40)22-24(19-13-7-4-8-14-19)36-25(20-15-9-5-10-16-20)23(28(39)37(36)26(22)31(32,33)34)35-27(38)21-17-11-6-12-18-21/h4-18,22-26H,1-3H3,(H,35,38)/t22?,23-,24?,25-,26?/m0/s1. The summed E-state index contributed by atoms with van der Waals surface area (Å²) in [5.74, 6) is -4.40. The van der Waals surface area contributed by atoms with E-state index in [4.69, 9.17) is 4.74 Å². The van der Waals surface area contributed by atoms with Crippen molar-refractivity contribution in [2.45, 2.75) is 56.7 Å². The largest absolute Gasteiger partial charge is 0.460 e. The Bertz CT molecular complexity index is 1410. The van der Waals surface area contributed by atoms with Gasteiger partial charge < -0.3 is 10.1 Å². The zero-order valence-corrected chi connectivity index (χ0v) is 22.7. The maximum atomic E-state index is 15.0. The number of nitrogens with zero attached hydrogens (tertiary/aromatic N) is 2. The molecule has 214 valence electrons. The number of nitrogens with one attached hydrogen (secondary N) is 1. The number of carbonyl (C=O) groups is 3. The van der Waals surface area contributed by atoms with Gasteiger partial charge in [-0.15, -0.1) is 0 Å². The summed E-state index contributed by atoms with van der Waals surface area (Å²) in [6.45, 7) is 4.73. The van der Waals surface area contributed by atoms with Crippen LogP contribution in [0, 0.1) is 5.92 Å². The molecule has 2 heterocycles. The molecule has 0 aromatic heterocycles. The van der Waals surface area contributed by atoms with Crippen molar-refractivity contribution in [3.05, 3.63) is 108 Å². The molecule has 41 heavy (non-hydrogen) atoms. The average Bonchev–Trinajstić information content (AvgIpc) is 3.42. The van der Waals surface area contributed by atoms with Gasteiger partial charge >= 0.3 is 12.1 Å². The molecule has 2 aliphatic rings. The van der Waals surface area contributed by atoms with Crippen LogP contribution < -0.4 is 5.32 Å². The van der Waals surface area contributed by atoms with Gasteiger partial charge in [0, 0.05) is 5.56 Å². The Morgan fingerprint density at radius 3 is 1.76 bits per heavy atom. The molecule has 2 fully saturated rings. The number of alkyl halides is 3. The third-order valence-corrected chi connectivity index (χ3v) is 7.19. The molecular formula is C31H30F3N3O4. The van der Waals surface area contributed by atoms with E-state index in [0.717, 1.165) is 0 Å². The van der Waals surface area contributed by atoms with E-state index >= 15 is 0 Å². The summed E-state index contributed by atoms with van der Waals surface area (Å²) in [4.78, 5) is 40.8. The summed E-state index contributed by atoms with van der Waals surface area (Å²) in [6.07, 6.45) is -4.99. The summed E-state index contributed by atoms with van der Waals surface area (Å²) >= 11 is 0. The normalized spacial score (nSPS) is 24.7. The van der Waals surface area contributed by atoms with Gasteiger partial charge in [-0.05, 0) is 44.0 Å². The Morgan fingerprint density at radius 2 is 1.27 bits per heavy atom. The first kappa shape index (κ1) is 28.4. The number of hydrazine groups is 1. The summed E-state index contributed by atoms with van der Waals surface area (Å²) in [5.41, 5.74) is 0.108. The number of hydrogen-bond acceptors (Lipinski definition) is 5. The minimum Gasteiger partial charge on any atom is -0.460 e. The third kappa shape index (κ3) is 5.44. The second-order valence-corrected chi connectivity index (χ2v) is 11.1. The molecule has 0 radical (unpaired) electrons. The molecule has 2 aliphatic heterocycles. The monoisotopic (exact) mass is 565 g/mol. The molecule has 0 saturated carbocycles. The van der Waals surface area contributed by atoms with Crippen LogP contribution in [-0.4, -0.2) is 51.7 Å². The van der Waals surface area contributed by atoms with Crippen LogP contribution >= 0.6 is 0 Å². The van der Waals surface area contributed by atoms with Crippen molar-refractivity contribution in [3.63, 3.8) is 0 Å². The van der Waals surface area contributed by atoms with E-state index in [-0.39, 0.29) is 5.56 Å². The number of ether oxygens (including phenoxy) is 1. The fourth-order valence-electron chi connectivity index (χ4n) is 5.69. The van der Waals surface area contributed by atoms with Crippen LogP contribution in [0.4, 0.5) is 13.2 Å². The Hall–Kier alpha value is -4.18. The van der Waals surface area contributed by atoms with Gasteiger partial charge in [-0.3, -0.25) is 19.4 Å². The van der Waals surface area contributed by atoms with Crippen molar-refractivity contribution in [1.29, 1.82) is 0 Å². The summed E-state index contributed by atoms with van der Waals surface area (Å²) in [6, 6.07) is 18.8. The number of amides is 2. The maximum absolute atomic E-state index is 15.0. The number of fused-ring (bicyclic) bond motifs is 1. The molecule has 0 aliphatic carbocycles. The average molecular weight is 566 g/mol. The molecule has 3 aromatic carbocycles. The Kier molecular flexibility index (Phi) is 7.37. The number of hydrogen-bond donors (Lipinski definition) is 1. The lowest BCUT2D eigenvalue weighted by atomic mass is 9.85. The molecule has 0 spiro atoms. The van der Waals surface area contributed by atoms with Gasteiger partial charge in [0.15, 0.2) is 6.04 Å². The third-order valence-electron chi connectivity index (χ3n) is 7.19. The maximum Gasteiger partial charge on any atom is 0.411 e. The molecule has 5 rings (SSSR count). The van der Waals surface area contributed by atoms with E-state index in [2.05, 4.69) is 5.32 Å². The van der Waals surface area contributed by atoms with Crippen LogP contribution in [0.15, 0.2) is 91.0 Å². The SMILES string of the molecule is CC(C)(C)OC(=O)C1C(c2ccccc2)N2[C@@H](c3ccccc3)[C@H](NC(=O)c3ccccc3)C(=O)N2C1C(F)(F)F. The van der Waals surface area contributed by atoms with E-state index in [1.807, 2.05) is 0 Å². The van der Waals surface area contributed by atoms with Crippen molar-refractivity contribution in [2.24, 2.45) is 5.92 Å². The van der Waals surface area contributed by atoms with Gasteiger partial charge in [0.25, 0.3) is 11.8 Å². The molecule has 10 heteroatoms. The van der Waals surface area contributed by atoms with Crippen molar-refractivity contribution in [3.8, 4) is 0 Å². The fourth-order valence-corrected chi connectivity index (χ4v) is 5.69. The van der Waals surface area contributed by atoms with Gasteiger partial charge in [0.2, 0.25) is 0 Å². The molecule has 5 atom stereocenters. The van der Waals surface area contributed by atoms with Crippen LogP contribution in [0.1, 0.15) is 54.3 Å². The van der Waals surface area contributed by atoms with Crippen molar-refractivity contribution < 1.29 is 32.3 Å². The first-order valence-electron chi connectivity index (χ1n) is 13.2. The number of carbonyl (C=O) groups excluding carboxylic acids is 3. The van der Waals surface area contributed by atoms with E-state index < -0.39 is 59.6 Å². The molecule has 1 N–H and O–H groups in total. The van der Waals surface area contributed by atoms with Crippen molar-refractivity contribution in [2.75, 3.05) is 0 Å². The molecule has 3 aromatic rings. The lowest BCUT2D eigenvalue weighted by molar-refractivity contribution is -0.209. The second kappa shape index (κ2) is 10.7. The van der Waals surface area contributed by atoms with E-state index in [1.165, 1.54) is 5.01 Å². The number of benzene rings is 3. The molecular weight excluding hydrogens is 535 g/mol. The van der Waals surface area contributed by atoms with Crippen molar-refractivity contribution in [1.82, 2.24) is 15.3 Å². The van der Waals surface area contributed by atoms with Gasteiger partial charge in [-0.1, -0.05) is 78.9 Å². The first-order valence-corrected chi connectivity index (χ1v) is 13.2. The highest BCUT2D eigenvalue weighted by Gasteiger charge is 2.69. The van der Waals surface area contributed by atoms with E-state index in [0.29, 0.717) is 16.1 Å². The Morgan fingerprint density at radius 1 is 0.780 bits per heavy atom. The van der Waals surface area contributed by atoms with Gasteiger partial charge in [-0.2, -0.15) is 18.2 Å². The van der Waals surface area contributed by atoms with Crippen molar-refractivity contribution >= 4 is 17.8 Å². The van der Waals surface area contributed by atoms with Crippen LogP contribution in [0.2, 0.25) is 0 Å². The number of esters is 1. The highest BCUT2D eigenvalue weighted by atomic mass is 19.4. The lowest BCUT2D eigenvalue weighted by Gasteiger charge is -2.33. The number of rotatable bonds is 5. The molecule has 2 saturated heterocycles. The zero-order chi connectivity index (χ0) is 29.5. The highest BCUT2D eigenvalue weighted by molar-refractivity contribution is 5.98. The fraction of sp³-hybridized carbons (Fsp3) is 0.323. The molecule has 7 nitrogen and oxygen atoms in total. The smallest absolute Gasteiger partial charge is 0.411 e. The number of halogens is 3. The zero-order valence-electron chi connectivity index (χ0n) is 22.7. The molecule has 3 unspecified atom stereocenters. The molecule has 0 bridgehead atoms. The predicted molar refractivity (Wildman–Crippen MR) is 144 cm³/mol. The van der Waals surface area contributed by atoms with Crippen LogP contribution in [0.5, 0.6) is 0 Å². The molecule has 2 amide bonds. The predicted octanol–water partition coefficient (Wildman–Crippen LogP) is 5.23. The Labute approximate surface area is 235 Å². The van der Waals surface area contributed by atoms with Gasteiger partial charge in [0.1, 0.15) is 17.6 Å². The van der Waals surface area contributed by atoms with Crippen LogP contribution in [0.25, 0.3) is 0 Å². The van der Waals surface area contributed by atoms with Crippen LogP contribution in [0.3, 0.4) is 0 Å². The highest BCUT2D eigenvalue weighted by Crippen LogP contribution is 2.55. The lowest BCUT2D eigenvalue weighted by Crippen LogP contribution is -2.53. The summed E-state index contributed by atoms with van der Waals surface area (Å²) in [7, 11) is 0. The minimum atomic E-state index is -4.99. The topological polar surface area (TPSA) is 79.0 Å².